The van der Waals surface area contributed by atoms with Crippen molar-refractivity contribution in [1.29, 1.82) is 0 Å². The summed E-state index contributed by atoms with van der Waals surface area (Å²) in [6.45, 7) is 0. The Morgan fingerprint density at radius 2 is 1.07 bits per heavy atom. The summed E-state index contributed by atoms with van der Waals surface area (Å²) in [5, 5.41) is 12.3. The Kier molecular flexibility index (Phi) is 6.21. The fourth-order valence-corrected chi connectivity index (χ4v) is 9.80. The van der Waals surface area contributed by atoms with Crippen LogP contribution in [0.1, 0.15) is 0 Å². The summed E-state index contributed by atoms with van der Waals surface area (Å²) in [4.78, 5) is 2.39. The van der Waals surface area contributed by atoms with Gasteiger partial charge in [-0.25, -0.2) is 0 Å². The van der Waals surface area contributed by atoms with E-state index in [1.807, 2.05) is 23.5 Å². The van der Waals surface area contributed by atoms with E-state index < -0.39 is 0 Å². The minimum Gasteiger partial charge on any atom is -0.456 e. The molecule has 3 heterocycles. The summed E-state index contributed by atoms with van der Waals surface area (Å²) >= 11 is 1.86. The molecule has 0 N–H and O–H groups in total. The Balaban J connectivity index is 1.13. The molecule has 4 heteroatoms. The van der Waals surface area contributed by atoms with Crippen LogP contribution >= 0.6 is 11.3 Å². The molecule has 3 nitrogen and oxygen atoms in total. The highest BCUT2D eigenvalue weighted by atomic mass is 32.1. The van der Waals surface area contributed by atoms with E-state index >= 15 is 0 Å². The SMILES string of the molecule is c1ccc(-n2c3ccc(N(c4ccc5cc6c(cc5c4)sc4ccccc46)c4ccc5c(c4)oc4ccccc45)cc3c3c4ccccc4ccc32)cc1. The lowest BCUT2D eigenvalue weighted by Gasteiger charge is -2.26. The number of anilines is 3. The van der Waals surface area contributed by atoms with Gasteiger partial charge in [0.05, 0.1) is 11.0 Å². The first-order chi connectivity index (χ1) is 26.7. The maximum atomic E-state index is 6.46. The minimum absolute atomic E-state index is 0.874. The lowest BCUT2D eigenvalue weighted by atomic mass is 10.0. The number of aromatic nitrogens is 1. The minimum atomic E-state index is 0.874. The molecule has 0 radical (unpaired) electrons. The van der Waals surface area contributed by atoms with Crippen molar-refractivity contribution >= 4 is 114 Å². The molecule has 12 aromatic rings. The van der Waals surface area contributed by atoms with E-state index in [9.17, 15) is 0 Å². The third kappa shape index (κ3) is 4.35. The van der Waals surface area contributed by atoms with Crippen LogP contribution in [-0.4, -0.2) is 4.57 Å². The zero-order chi connectivity index (χ0) is 35.3. The van der Waals surface area contributed by atoms with E-state index in [0.29, 0.717) is 0 Å². The maximum absolute atomic E-state index is 6.46. The molecular formula is C50H30N2OS. The Bertz CT molecular complexity index is 3460. The molecule has 0 unspecified atom stereocenters. The summed E-state index contributed by atoms with van der Waals surface area (Å²) in [6.07, 6.45) is 0. The van der Waals surface area contributed by atoms with Crippen molar-refractivity contribution in [3.8, 4) is 5.69 Å². The van der Waals surface area contributed by atoms with Crippen molar-refractivity contribution in [2.45, 2.75) is 0 Å². The van der Waals surface area contributed by atoms with Gasteiger partial charge in [0.25, 0.3) is 0 Å². The number of para-hydroxylation sites is 2. The number of fused-ring (bicyclic) bond motifs is 12. The number of nitrogens with zero attached hydrogens (tertiary/aromatic N) is 2. The highest BCUT2D eigenvalue weighted by molar-refractivity contribution is 7.25. The fraction of sp³-hybridized carbons (Fsp3) is 0. The molecule has 0 spiro atoms. The zero-order valence-electron chi connectivity index (χ0n) is 29.0. The van der Waals surface area contributed by atoms with Crippen molar-refractivity contribution < 1.29 is 4.42 Å². The van der Waals surface area contributed by atoms with Crippen molar-refractivity contribution in [3.05, 3.63) is 182 Å². The smallest absolute Gasteiger partial charge is 0.137 e. The molecular weight excluding hydrogens is 677 g/mol. The second-order valence-corrected chi connectivity index (χ2v) is 15.2. The van der Waals surface area contributed by atoms with Gasteiger partial charge in [-0.05, 0) is 106 Å². The molecule has 0 bridgehead atoms. The molecule has 12 rings (SSSR count). The topological polar surface area (TPSA) is 21.3 Å². The Morgan fingerprint density at radius 3 is 2.00 bits per heavy atom. The van der Waals surface area contributed by atoms with Crippen molar-refractivity contribution in [3.63, 3.8) is 0 Å². The highest BCUT2D eigenvalue weighted by Gasteiger charge is 2.20. The monoisotopic (exact) mass is 706 g/mol. The average molecular weight is 707 g/mol. The molecule has 0 aliphatic rings. The van der Waals surface area contributed by atoms with E-state index in [0.717, 1.165) is 44.7 Å². The Morgan fingerprint density at radius 1 is 0.389 bits per heavy atom. The summed E-state index contributed by atoms with van der Waals surface area (Å²) in [5.74, 6) is 0. The lowest BCUT2D eigenvalue weighted by Crippen LogP contribution is -2.10. The molecule has 0 amide bonds. The van der Waals surface area contributed by atoms with Gasteiger partial charge in [-0.1, -0.05) is 91.0 Å². The molecule has 0 aliphatic heterocycles. The van der Waals surface area contributed by atoms with E-state index in [4.69, 9.17) is 4.42 Å². The molecule has 54 heavy (non-hydrogen) atoms. The van der Waals surface area contributed by atoms with Gasteiger partial charge in [-0.3, -0.25) is 0 Å². The lowest BCUT2D eigenvalue weighted by molar-refractivity contribution is 0.669. The van der Waals surface area contributed by atoms with Gasteiger partial charge in [0, 0.05) is 70.5 Å². The average Bonchev–Trinajstić information content (AvgIpc) is 3.89. The normalized spacial score (nSPS) is 12.1. The van der Waals surface area contributed by atoms with E-state index in [1.54, 1.807) is 0 Å². The van der Waals surface area contributed by atoms with Crippen LogP contribution in [-0.2, 0) is 0 Å². The van der Waals surface area contributed by atoms with E-state index in [1.165, 1.54) is 63.5 Å². The third-order valence-electron chi connectivity index (χ3n) is 11.1. The summed E-state index contributed by atoms with van der Waals surface area (Å²) in [5.41, 5.74) is 8.51. The first-order valence-corrected chi connectivity index (χ1v) is 19.1. The van der Waals surface area contributed by atoms with Gasteiger partial charge < -0.3 is 13.9 Å². The van der Waals surface area contributed by atoms with Gasteiger partial charge in [0.1, 0.15) is 11.2 Å². The zero-order valence-corrected chi connectivity index (χ0v) is 29.8. The molecule has 0 atom stereocenters. The predicted octanol–water partition coefficient (Wildman–Crippen LogP) is 14.8. The molecule has 9 aromatic carbocycles. The predicted molar refractivity (Wildman–Crippen MR) is 231 cm³/mol. The van der Waals surface area contributed by atoms with Crippen LogP contribution < -0.4 is 4.90 Å². The molecule has 0 saturated heterocycles. The molecule has 0 fully saturated rings. The summed E-state index contributed by atoms with van der Waals surface area (Å²) in [7, 11) is 0. The molecule has 252 valence electrons. The van der Waals surface area contributed by atoms with Crippen LogP contribution in [0, 0.1) is 0 Å². The summed E-state index contributed by atoms with van der Waals surface area (Å²) in [6, 6.07) is 66.1. The molecule has 0 aliphatic carbocycles. The van der Waals surface area contributed by atoms with Crippen LogP contribution in [0.15, 0.2) is 186 Å². The first-order valence-electron chi connectivity index (χ1n) is 18.3. The quantitative estimate of drug-likeness (QED) is 0.182. The van der Waals surface area contributed by atoms with Gasteiger partial charge in [-0.15, -0.1) is 11.3 Å². The maximum Gasteiger partial charge on any atom is 0.137 e. The number of hydrogen-bond donors (Lipinski definition) is 0. The van der Waals surface area contributed by atoms with Gasteiger partial charge >= 0.3 is 0 Å². The van der Waals surface area contributed by atoms with Crippen molar-refractivity contribution in [1.82, 2.24) is 4.57 Å². The molecule has 0 saturated carbocycles. The largest absolute Gasteiger partial charge is 0.456 e. The van der Waals surface area contributed by atoms with Crippen molar-refractivity contribution in [2.24, 2.45) is 0 Å². The molecule has 3 aromatic heterocycles. The summed E-state index contributed by atoms with van der Waals surface area (Å²) < 4.78 is 11.5. The van der Waals surface area contributed by atoms with E-state index in [-0.39, 0.29) is 0 Å². The second kappa shape index (κ2) is 11.3. The standard InChI is InChI=1S/C50H30N2OS/c1-2-11-34(12-3-1)52-44-25-22-36(29-43(44)50-38-13-5-4-10-31(38)19-24-45(50)52)51(37-21-23-40-39-14-6-8-16-46(39)53-47(40)30-37)35-20-18-32-27-42-41-15-7-9-17-48(41)54-49(42)28-33(32)26-35/h1-30H. The third-order valence-corrected chi connectivity index (χ3v) is 12.2. The fourth-order valence-electron chi connectivity index (χ4n) is 8.67. The van der Waals surface area contributed by atoms with Crippen LogP contribution in [0.5, 0.6) is 0 Å². The Hall–Kier alpha value is -6.88. The van der Waals surface area contributed by atoms with Crippen LogP contribution in [0.4, 0.5) is 17.1 Å². The van der Waals surface area contributed by atoms with Gasteiger partial charge in [0.2, 0.25) is 0 Å². The van der Waals surface area contributed by atoms with Crippen LogP contribution in [0.2, 0.25) is 0 Å². The van der Waals surface area contributed by atoms with Crippen LogP contribution in [0.25, 0.3) is 91.1 Å². The van der Waals surface area contributed by atoms with Gasteiger partial charge in [0.15, 0.2) is 0 Å². The van der Waals surface area contributed by atoms with Crippen molar-refractivity contribution in [2.75, 3.05) is 4.90 Å². The number of benzene rings is 9. The highest BCUT2D eigenvalue weighted by Crippen LogP contribution is 2.44. The number of furan rings is 1. The number of rotatable bonds is 4. The second-order valence-electron chi connectivity index (χ2n) is 14.1. The number of thiophene rings is 1. The van der Waals surface area contributed by atoms with Gasteiger partial charge in [-0.2, -0.15) is 0 Å². The number of hydrogen-bond acceptors (Lipinski definition) is 3. The van der Waals surface area contributed by atoms with E-state index in [2.05, 4.69) is 179 Å². The first kappa shape index (κ1) is 29.7. The Labute approximate surface area is 314 Å². The van der Waals surface area contributed by atoms with Crippen LogP contribution in [0.3, 0.4) is 0 Å².